The van der Waals surface area contributed by atoms with E-state index in [1.54, 1.807) is 6.08 Å². The van der Waals surface area contributed by atoms with E-state index in [2.05, 4.69) is 6.58 Å². The highest BCUT2D eigenvalue weighted by Crippen LogP contribution is 2.02. The van der Waals surface area contributed by atoms with Gasteiger partial charge in [-0.05, 0) is 26.8 Å². The van der Waals surface area contributed by atoms with Crippen molar-refractivity contribution in [1.29, 1.82) is 0 Å². The van der Waals surface area contributed by atoms with Crippen molar-refractivity contribution in [2.24, 2.45) is 0 Å². The Morgan fingerprint density at radius 1 is 1.27 bits per heavy atom. The molecule has 4 nitrogen and oxygen atoms in total. The maximum Gasteiger partial charge on any atom is 0.176 e. The molecule has 0 aromatic rings. The number of rotatable bonds is 5. The molecule has 90 valence electrons. The first-order valence-electron chi connectivity index (χ1n) is 5.33. The summed E-state index contributed by atoms with van der Waals surface area (Å²) in [5.74, 6) is 0. The highest BCUT2D eigenvalue weighted by molar-refractivity contribution is 4.73. The van der Waals surface area contributed by atoms with Crippen molar-refractivity contribution in [2.75, 3.05) is 26.4 Å². The third kappa shape index (κ3) is 8.57. The highest BCUT2D eigenvalue weighted by atomic mass is 16.7. The van der Waals surface area contributed by atoms with Crippen molar-refractivity contribution in [2.45, 2.75) is 33.4 Å². The van der Waals surface area contributed by atoms with Crippen LogP contribution in [0.4, 0.5) is 0 Å². The van der Waals surface area contributed by atoms with Crippen LogP contribution in [0.1, 0.15) is 20.8 Å². The van der Waals surface area contributed by atoms with Gasteiger partial charge < -0.3 is 18.9 Å². The van der Waals surface area contributed by atoms with E-state index in [0.717, 1.165) is 13.2 Å². The highest BCUT2D eigenvalue weighted by Gasteiger charge is 2.09. The molecule has 0 spiro atoms. The van der Waals surface area contributed by atoms with Crippen molar-refractivity contribution >= 4 is 0 Å². The molecule has 0 saturated carbocycles. The van der Waals surface area contributed by atoms with Gasteiger partial charge in [0, 0.05) is 13.2 Å². The Kier molecular flexibility index (Phi) is 9.83. The Labute approximate surface area is 92.2 Å². The van der Waals surface area contributed by atoms with Gasteiger partial charge in [0.25, 0.3) is 0 Å². The molecule has 15 heavy (non-hydrogen) atoms. The van der Waals surface area contributed by atoms with E-state index in [-0.39, 0.29) is 12.6 Å². The normalized spacial score (nSPS) is 16.3. The van der Waals surface area contributed by atoms with E-state index in [1.807, 2.05) is 20.8 Å². The largest absolute Gasteiger partial charge is 0.353 e. The lowest BCUT2D eigenvalue weighted by Crippen LogP contribution is -2.11. The molecule has 0 bridgehead atoms. The summed E-state index contributed by atoms with van der Waals surface area (Å²) in [7, 11) is 0. The minimum Gasteiger partial charge on any atom is -0.353 e. The Morgan fingerprint density at radius 2 is 1.73 bits per heavy atom. The maximum atomic E-state index is 5.06. The predicted molar refractivity (Wildman–Crippen MR) is 58.6 cm³/mol. The van der Waals surface area contributed by atoms with Crippen LogP contribution < -0.4 is 0 Å². The molecule has 1 heterocycles. The first kappa shape index (κ1) is 14.6. The number of hydrogen-bond acceptors (Lipinski definition) is 4. The molecule has 1 aliphatic rings. The zero-order valence-corrected chi connectivity index (χ0v) is 9.90. The van der Waals surface area contributed by atoms with Crippen molar-refractivity contribution in [1.82, 2.24) is 0 Å². The van der Waals surface area contributed by atoms with Crippen LogP contribution >= 0.6 is 0 Å². The second-order valence-electron chi connectivity index (χ2n) is 2.82. The first-order valence-corrected chi connectivity index (χ1v) is 5.33. The van der Waals surface area contributed by atoms with Gasteiger partial charge in [-0.15, -0.1) is 0 Å². The van der Waals surface area contributed by atoms with E-state index < -0.39 is 0 Å². The van der Waals surface area contributed by atoms with Gasteiger partial charge >= 0.3 is 0 Å². The molecular weight excluding hydrogens is 196 g/mol. The smallest absolute Gasteiger partial charge is 0.176 e. The zero-order valence-electron chi connectivity index (χ0n) is 9.90. The average Bonchev–Trinajstić information content (AvgIpc) is 2.72. The van der Waals surface area contributed by atoms with E-state index in [0.29, 0.717) is 13.2 Å². The van der Waals surface area contributed by atoms with Crippen molar-refractivity contribution in [3.63, 3.8) is 0 Å². The molecule has 4 heteroatoms. The lowest BCUT2D eigenvalue weighted by Gasteiger charge is -2.09. The summed E-state index contributed by atoms with van der Waals surface area (Å²) in [6.45, 7) is 12.2. The number of hydrogen-bond donors (Lipinski definition) is 0. The van der Waals surface area contributed by atoms with Gasteiger partial charge in [-0.25, -0.2) is 0 Å². The minimum absolute atomic E-state index is 0.0370. The Bertz CT molecular complexity index is 138. The quantitative estimate of drug-likeness (QED) is 0.522. The van der Waals surface area contributed by atoms with E-state index >= 15 is 0 Å². The summed E-state index contributed by atoms with van der Waals surface area (Å²) < 4.78 is 20.0. The molecule has 1 aliphatic heterocycles. The summed E-state index contributed by atoms with van der Waals surface area (Å²) in [5, 5.41) is 0. The standard InChI is InChI=1S/C6H14O2.C5H8O2/c1-4-7-6(3)8-5-2;1-2-5-6-3-4-7-5/h6H,4-5H2,1-3H3;2,5H,1,3-4H2. The molecule has 1 saturated heterocycles. The van der Waals surface area contributed by atoms with Gasteiger partial charge in [0.1, 0.15) is 0 Å². The van der Waals surface area contributed by atoms with E-state index in [1.165, 1.54) is 0 Å². The van der Waals surface area contributed by atoms with Crippen molar-refractivity contribution in [3.8, 4) is 0 Å². The lowest BCUT2D eigenvalue weighted by molar-refractivity contribution is -0.123. The first-order chi connectivity index (χ1) is 7.24. The molecule has 0 N–H and O–H groups in total. The monoisotopic (exact) mass is 218 g/mol. The third-order valence-corrected chi connectivity index (χ3v) is 1.64. The fourth-order valence-electron chi connectivity index (χ4n) is 1.03. The molecule has 0 unspecified atom stereocenters. The van der Waals surface area contributed by atoms with Crippen LogP contribution in [-0.2, 0) is 18.9 Å². The van der Waals surface area contributed by atoms with Gasteiger partial charge in [0.05, 0.1) is 13.2 Å². The second-order valence-corrected chi connectivity index (χ2v) is 2.82. The van der Waals surface area contributed by atoms with Crippen LogP contribution in [0.2, 0.25) is 0 Å². The molecular formula is C11H22O4. The van der Waals surface area contributed by atoms with Gasteiger partial charge in [-0.1, -0.05) is 6.58 Å². The van der Waals surface area contributed by atoms with Crippen LogP contribution in [0.15, 0.2) is 12.7 Å². The Morgan fingerprint density at radius 3 is 2.00 bits per heavy atom. The van der Waals surface area contributed by atoms with Crippen LogP contribution in [0.5, 0.6) is 0 Å². The van der Waals surface area contributed by atoms with E-state index in [4.69, 9.17) is 18.9 Å². The van der Waals surface area contributed by atoms with Crippen molar-refractivity contribution in [3.05, 3.63) is 12.7 Å². The maximum absolute atomic E-state index is 5.06. The van der Waals surface area contributed by atoms with Crippen LogP contribution in [0.3, 0.4) is 0 Å². The SMILES string of the molecule is C=CC1OCCO1.CCOC(C)OCC. The summed E-state index contributed by atoms with van der Waals surface area (Å²) >= 11 is 0. The fourth-order valence-corrected chi connectivity index (χ4v) is 1.03. The van der Waals surface area contributed by atoms with Gasteiger partial charge in [-0.2, -0.15) is 0 Å². The molecule has 0 aromatic carbocycles. The fraction of sp³-hybridized carbons (Fsp3) is 0.818. The molecule has 0 aliphatic carbocycles. The lowest BCUT2D eigenvalue weighted by atomic mass is 10.6. The van der Waals surface area contributed by atoms with Gasteiger partial charge in [0.15, 0.2) is 12.6 Å². The zero-order chi connectivity index (χ0) is 11.5. The summed E-state index contributed by atoms with van der Waals surface area (Å²) in [6.07, 6.45) is 1.47. The summed E-state index contributed by atoms with van der Waals surface area (Å²) in [5.41, 5.74) is 0. The number of ether oxygens (including phenoxy) is 4. The summed E-state index contributed by atoms with van der Waals surface area (Å²) in [6, 6.07) is 0. The molecule has 1 rings (SSSR count). The molecule has 0 aromatic heterocycles. The van der Waals surface area contributed by atoms with Crippen LogP contribution in [0, 0.1) is 0 Å². The van der Waals surface area contributed by atoms with Crippen molar-refractivity contribution < 1.29 is 18.9 Å². The second kappa shape index (κ2) is 10.1. The molecule has 0 radical (unpaired) electrons. The average molecular weight is 218 g/mol. The molecule has 0 amide bonds. The minimum atomic E-state index is -0.139. The topological polar surface area (TPSA) is 36.9 Å². The van der Waals surface area contributed by atoms with Crippen LogP contribution in [-0.4, -0.2) is 39.0 Å². The molecule has 1 fully saturated rings. The van der Waals surface area contributed by atoms with Crippen LogP contribution in [0.25, 0.3) is 0 Å². The molecule has 0 atom stereocenters. The Hall–Kier alpha value is -0.420. The third-order valence-electron chi connectivity index (χ3n) is 1.64. The van der Waals surface area contributed by atoms with Gasteiger partial charge in [-0.3, -0.25) is 0 Å². The Balaban J connectivity index is 0.000000262. The van der Waals surface area contributed by atoms with E-state index in [9.17, 15) is 0 Å². The summed E-state index contributed by atoms with van der Waals surface area (Å²) in [4.78, 5) is 0. The predicted octanol–water partition coefficient (Wildman–Crippen LogP) is 1.95. The van der Waals surface area contributed by atoms with Gasteiger partial charge in [0.2, 0.25) is 0 Å².